The highest BCUT2D eigenvalue weighted by Gasteiger charge is 2.53. The van der Waals surface area contributed by atoms with Crippen molar-refractivity contribution in [1.82, 2.24) is 19.5 Å². The van der Waals surface area contributed by atoms with Gasteiger partial charge >= 0.3 is 0 Å². The molecular formula is C50H44FN5O3. The summed E-state index contributed by atoms with van der Waals surface area (Å²) in [6.45, 7) is -0.0424. The van der Waals surface area contributed by atoms with Crippen LogP contribution in [0.1, 0.15) is 39.6 Å². The number of halogens is 1. The number of aromatic nitrogens is 4. The van der Waals surface area contributed by atoms with Gasteiger partial charge in [0.2, 0.25) is 0 Å². The third kappa shape index (κ3) is 6.87. The predicted octanol–water partition coefficient (Wildman–Crippen LogP) is 9.51. The number of alkyl halides is 1. The molecule has 59 heavy (non-hydrogen) atoms. The van der Waals surface area contributed by atoms with E-state index in [1.165, 1.54) is 6.33 Å². The summed E-state index contributed by atoms with van der Waals surface area (Å²) in [6, 6.07) is 60.4. The number of nitrogens with zero attached hydrogens (tertiary/aromatic N) is 5. The first-order valence-corrected chi connectivity index (χ1v) is 19.8. The van der Waals surface area contributed by atoms with E-state index in [1.807, 2.05) is 165 Å². The maximum Gasteiger partial charge on any atom is 0.174 e. The summed E-state index contributed by atoms with van der Waals surface area (Å²) in [4.78, 5) is 15.6. The normalized spacial score (nSPS) is 18.2. The van der Waals surface area contributed by atoms with Gasteiger partial charge in [0.15, 0.2) is 29.4 Å². The van der Waals surface area contributed by atoms with Crippen LogP contribution in [0.25, 0.3) is 11.2 Å². The van der Waals surface area contributed by atoms with Gasteiger partial charge in [0.05, 0.1) is 12.9 Å². The van der Waals surface area contributed by atoms with Crippen LogP contribution >= 0.6 is 0 Å². The fraction of sp³-hybridized carbons (Fsp3) is 0.180. The molecule has 2 aromatic heterocycles. The van der Waals surface area contributed by atoms with Gasteiger partial charge in [-0.2, -0.15) is 0 Å². The quantitative estimate of drug-likeness (QED) is 0.108. The van der Waals surface area contributed by atoms with Crippen LogP contribution in [0.2, 0.25) is 0 Å². The Hall–Kier alpha value is -6.52. The Morgan fingerprint density at radius 1 is 0.576 bits per heavy atom. The van der Waals surface area contributed by atoms with Crippen LogP contribution in [0.3, 0.4) is 0 Å². The molecule has 1 saturated heterocycles. The van der Waals surface area contributed by atoms with Crippen LogP contribution in [0.15, 0.2) is 195 Å². The van der Waals surface area contributed by atoms with Crippen molar-refractivity contribution >= 4 is 17.0 Å². The zero-order valence-corrected chi connectivity index (χ0v) is 32.8. The molecule has 0 spiro atoms. The van der Waals surface area contributed by atoms with Crippen LogP contribution < -0.4 is 4.90 Å². The second-order valence-electron chi connectivity index (χ2n) is 14.9. The fourth-order valence-electron chi connectivity index (χ4n) is 8.45. The molecule has 8 nitrogen and oxygen atoms in total. The van der Waals surface area contributed by atoms with E-state index in [0.717, 1.165) is 33.4 Å². The predicted molar refractivity (Wildman–Crippen MR) is 228 cm³/mol. The van der Waals surface area contributed by atoms with Gasteiger partial charge in [-0.25, -0.2) is 19.3 Å². The number of anilines is 1. The molecule has 0 unspecified atom stereocenters. The standard InChI is InChI=1S/C50H44FN5O3/c1-55(2)46-44-47(53-34-52-46)56(35-54-44)48-43(51)45(59-50(39-27-15-6-16-28-39,40-29-17-7-18-30-40)41-31-19-8-20-32-41)42(58-48)33-57-49(36-21-9-3-10-22-36,37-23-11-4-12-24-37)38-25-13-5-14-26-38/h3-32,34-35,42-43,45,48H,33H2,1-2H3/t42-,43-,45-,48-/m1/s1. The summed E-state index contributed by atoms with van der Waals surface area (Å²) in [5.74, 6) is 0.615. The number of benzene rings is 6. The molecule has 0 saturated carbocycles. The first-order valence-electron chi connectivity index (χ1n) is 19.8. The smallest absolute Gasteiger partial charge is 0.174 e. The maximum absolute atomic E-state index is 18.1. The van der Waals surface area contributed by atoms with Gasteiger partial charge in [-0.15, -0.1) is 0 Å². The molecule has 0 aliphatic carbocycles. The molecule has 0 N–H and O–H groups in total. The molecule has 4 atom stereocenters. The maximum atomic E-state index is 18.1. The Morgan fingerprint density at radius 2 is 0.983 bits per heavy atom. The van der Waals surface area contributed by atoms with Gasteiger partial charge in [0, 0.05) is 14.1 Å². The number of fused-ring (bicyclic) bond motifs is 1. The van der Waals surface area contributed by atoms with E-state index in [-0.39, 0.29) is 6.61 Å². The lowest BCUT2D eigenvalue weighted by atomic mass is 9.79. The number of hydrogen-bond donors (Lipinski definition) is 0. The van der Waals surface area contributed by atoms with Crippen molar-refractivity contribution in [2.24, 2.45) is 0 Å². The molecule has 3 heterocycles. The monoisotopic (exact) mass is 781 g/mol. The second-order valence-corrected chi connectivity index (χ2v) is 14.9. The molecule has 8 aromatic rings. The minimum atomic E-state index is -1.70. The molecular weight excluding hydrogens is 738 g/mol. The van der Waals surface area contributed by atoms with Crippen LogP contribution in [0.5, 0.6) is 0 Å². The Labute approximate surface area is 343 Å². The number of imidazole rings is 1. The van der Waals surface area contributed by atoms with Crippen LogP contribution in [0, 0.1) is 0 Å². The SMILES string of the molecule is CN(C)c1ncnc2c1ncn2[C@@H]1O[C@H](COC(c2ccccc2)(c2ccccc2)c2ccccc2)[C@@H](OC(c2ccccc2)(c2ccccc2)c2ccccc2)[C@H]1F. The molecule has 1 aliphatic rings. The highest BCUT2D eigenvalue weighted by molar-refractivity contribution is 5.83. The summed E-state index contributed by atoms with van der Waals surface area (Å²) < 4.78 is 41.6. The second kappa shape index (κ2) is 16.4. The molecule has 9 rings (SSSR count). The lowest BCUT2D eigenvalue weighted by molar-refractivity contribution is -0.128. The largest absolute Gasteiger partial charge is 0.361 e. The van der Waals surface area contributed by atoms with Crippen molar-refractivity contribution in [2.45, 2.75) is 35.8 Å². The Kier molecular flexibility index (Phi) is 10.6. The number of rotatable bonds is 13. The molecule has 6 aromatic carbocycles. The highest BCUT2D eigenvalue weighted by atomic mass is 19.1. The number of ether oxygens (including phenoxy) is 3. The van der Waals surface area contributed by atoms with Crippen LogP contribution in [0.4, 0.5) is 10.2 Å². The molecule has 0 bridgehead atoms. The molecule has 9 heteroatoms. The minimum absolute atomic E-state index is 0.0424. The summed E-state index contributed by atoms with van der Waals surface area (Å²) in [5.41, 5.74) is 3.93. The Bertz CT molecular complexity index is 2390. The van der Waals surface area contributed by atoms with E-state index in [2.05, 4.69) is 51.4 Å². The molecule has 0 amide bonds. The lowest BCUT2D eigenvalue weighted by Crippen LogP contribution is -2.45. The Balaban J connectivity index is 1.22. The first kappa shape index (κ1) is 38.0. The third-order valence-electron chi connectivity index (χ3n) is 11.2. The summed E-state index contributed by atoms with van der Waals surface area (Å²) in [7, 11) is 3.77. The highest BCUT2D eigenvalue weighted by Crippen LogP contribution is 2.47. The van der Waals surface area contributed by atoms with Crippen LogP contribution in [-0.4, -0.2) is 58.6 Å². The summed E-state index contributed by atoms with van der Waals surface area (Å²) >= 11 is 0. The van der Waals surface area contributed by atoms with Crippen molar-refractivity contribution in [3.63, 3.8) is 0 Å². The first-order chi connectivity index (χ1) is 29.0. The van der Waals surface area contributed by atoms with E-state index >= 15 is 4.39 Å². The average molecular weight is 782 g/mol. The lowest BCUT2D eigenvalue weighted by Gasteiger charge is -2.40. The zero-order valence-electron chi connectivity index (χ0n) is 32.8. The molecule has 0 radical (unpaired) electrons. The van der Waals surface area contributed by atoms with E-state index in [4.69, 9.17) is 14.2 Å². The molecule has 1 aliphatic heterocycles. The Morgan fingerprint density at radius 3 is 1.39 bits per heavy atom. The van der Waals surface area contributed by atoms with Crippen molar-refractivity contribution < 1.29 is 18.6 Å². The van der Waals surface area contributed by atoms with Gasteiger partial charge in [-0.3, -0.25) is 4.57 Å². The van der Waals surface area contributed by atoms with E-state index in [1.54, 1.807) is 10.9 Å². The third-order valence-corrected chi connectivity index (χ3v) is 11.2. The van der Waals surface area contributed by atoms with Gasteiger partial charge in [-0.05, 0) is 33.4 Å². The molecule has 1 fully saturated rings. The van der Waals surface area contributed by atoms with Crippen molar-refractivity contribution in [3.05, 3.63) is 228 Å². The van der Waals surface area contributed by atoms with Crippen molar-refractivity contribution in [1.29, 1.82) is 0 Å². The fourth-order valence-corrected chi connectivity index (χ4v) is 8.45. The zero-order chi connectivity index (χ0) is 40.2. The van der Waals surface area contributed by atoms with Gasteiger partial charge in [0.25, 0.3) is 0 Å². The van der Waals surface area contributed by atoms with E-state index in [9.17, 15) is 0 Å². The van der Waals surface area contributed by atoms with Crippen molar-refractivity contribution in [2.75, 3.05) is 25.6 Å². The molecule has 294 valence electrons. The summed E-state index contributed by atoms with van der Waals surface area (Å²) in [5, 5.41) is 0. The topological polar surface area (TPSA) is 74.5 Å². The summed E-state index contributed by atoms with van der Waals surface area (Å²) in [6.07, 6.45) is -1.91. The van der Waals surface area contributed by atoms with E-state index < -0.39 is 35.8 Å². The number of hydrogen-bond acceptors (Lipinski definition) is 7. The van der Waals surface area contributed by atoms with Crippen molar-refractivity contribution in [3.8, 4) is 0 Å². The van der Waals surface area contributed by atoms with E-state index in [0.29, 0.717) is 17.0 Å². The average Bonchev–Trinajstić information content (AvgIpc) is 3.87. The van der Waals surface area contributed by atoms with Gasteiger partial charge in [0.1, 0.15) is 29.7 Å². The minimum Gasteiger partial charge on any atom is -0.361 e. The van der Waals surface area contributed by atoms with Gasteiger partial charge < -0.3 is 19.1 Å². The van der Waals surface area contributed by atoms with Crippen LogP contribution in [-0.2, 0) is 25.4 Å². The van der Waals surface area contributed by atoms with Gasteiger partial charge in [-0.1, -0.05) is 182 Å².